The normalized spacial score (nSPS) is 10.6. The zero-order chi connectivity index (χ0) is 19.1. The molecule has 0 saturated heterocycles. The number of carbonyl (C=O) groups is 1. The van der Waals surface area contributed by atoms with Gasteiger partial charge in [0.15, 0.2) is 11.6 Å². The van der Waals surface area contributed by atoms with Crippen LogP contribution in [0.15, 0.2) is 47.0 Å². The van der Waals surface area contributed by atoms with E-state index in [9.17, 15) is 4.79 Å². The lowest BCUT2D eigenvalue weighted by Crippen LogP contribution is -2.25. The van der Waals surface area contributed by atoms with Crippen molar-refractivity contribution in [2.45, 2.75) is 33.1 Å². The number of aryl methyl sites for hydroxylation is 1. The number of nitrogens with one attached hydrogen (secondary N) is 2. The molecule has 7 nitrogen and oxygen atoms in total. The van der Waals surface area contributed by atoms with Crippen molar-refractivity contribution in [3.8, 4) is 11.4 Å². The maximum absolute atomic E-state index is 12.5. The van der Waals surface area contributed by atoms with Crippen molar-refractivity contribution in [1.29, 1.82) is 0 Å². The Balaban J connectivity index is 1.87. The molecule has 0 fully saturated rings. The molecule has 3 rings (SSSR count). The molecule has 2 heterocycles. The van der Waals surface area contributed by atoms with Crippen LogP contribution < -0.4 is 10.6 Å². The second-order valence-electron chi connectivity index (χ2n) is 6.24. The van der Waals surface area contributed by atoms with Gasteiger partial charge in [-0.05, 0) is 13.3 Å². The standard InChI is InChI=1S/C20H23N5O2/c1-3-4-8-11-21-20(26)16-13-17(23-18-12-14(2)27-25-18)24-19(22-16)15-9-6-5-7-10-15/h5-7,9-10,12-13H,3-4,8,11H2,1-2H3,(H,21,26)(H,22,23,24,25). The number of carbonyl (C=O) groups excluding carboxylic acids is 1. The van der Waals surface area contributed by atoms with E-state index in [1.165, 1.54) is 0 Å². The molecule has 1 amide bonds. The highest BCUT2D eigenvalue weighted by atomic mass is 16.5. The molecular formula is C20H23N5O2. The molecule has 140 valence electrons. The minimum absolute atomic E-state index is 0.218. The van der Waals surface area contributed by atoms with Gasteiger partial charge in [-0.1, -0.05) is 55.3 Å². The molecule has 7 heteroatoms. The van der Waals surface area contributed by atoms with Gasteiger partial charge in [-0.3, -0.25) is 4.79 Å². The van der Waals surface area contributed by atoms with Gasteiger partial charge in [0.2, 0.25) is 0 Å². The number of unbranched alkanes of at least 4 members (excludes halogenated alkanes) is 2. The maximum atomic E-state index is 12.5. The van der Waals surface area contributed by atoms with Crippen LogP contribution in [0.1, 0.15) is 42.4 Å². The molecule has 0 aliphatic rings. The van der Waals surface area contributed by atoms with E-state index in [0.717, 1.165) is 24.8 Å². The van der Waals surface area contributed by atoms with Gasteiger partial charge in [0.1, 0.15) is 17.3 Å². The summed E-state index contributed by atoms with van der Waals surface area (Å²) in [5.41, 5.74) is 1.14. The van der Waals surface area contributed by atoms with E-state index >= 15 is 0 Å². The number of benzene rings is 1. The Bertz CT molecular complexity index is 892. The van der Waals surface area contributed by atoms with Gasteiger partial charge >= 0.3 is 0 Å². The Kier molecular flexibility index (Phi) is 6.14. The minimum atomic E-state index is -0.218. The van der Waals surface area contributed by atoms with Gasteiger partial charge in [0, 0.05) is 24.2 Å². The fourth-order valence-electron chi connectivity index (χ4n) is 2.57. The highest BCUT2D eigenvalue weighted by Gasteiger charge is 2.14. The first-order valence-corrected chi connectivity index (χ1v) is 9.08. The van der Waals surface area contributed by atoms with Crippen molar-refractivity contribution in [3.05, 3.63) is 53.9 Å². The first kappa shape index (κ1) is 18.6. The molecule has 1 aromatic carbocycles. The Morgan fingerprint density at radius 2 is 1.89 bits per heavy atom. The SMILES string of the molecule is CCCCCNC(=O)c1cc(Nc2cc(C)on2)nc(-c2ccccc2)n1. The molecule has 0 radical (unpaired) electrons. The van der Waals surface area contributed by atoms with Crippen LogP contribution in [0.4, 0.5) is 11.6 Å². The summed E-state index contributed by atoms with van der Waals surface area (Å²) in [6.07, 6.45) is 3.13. The number of aromatic nitrogens is 3. The summed E-state index contributed by atoms with van der Waals surface area (Å²) in [4.78, 5) is 21.5. The van der Waals surface area contributed by atoms with E-state index in [1.807, 2.05) is 37.3 Å². The quantitative estimate of drug-likeness (QED) is 0.584. The Labute approximate surface area is 158 Å². The van der Waals surface area contributed by atoms with Crippen molar-refractivity contribution in [2.24, 2.45) is 0 Å². The predicted octanol–water partition coefficient (Wildman–Crippen LogP) is 4.10. The molecule has 0 spiro atoms. The fraction of sp³-hybridized carbons (Fsp3) is 0.300. The second kappa shape index (κ2) is 8.93. The predicted molar refractivity (Wildman–Crippen MR) is 104 cm³/mol. The van der Waals surface area contributed by atoms with Crippen LogP contribution in [0.25, 0.3) is 11.4 Å². The third kappa shape index (κ3) is 5.13. The highest BCUT2D eigenvalue weighted by molar-refractivity contribution is 5.93. The largest absolute Gasteiger partial charge is 0.360 e. The number of amides is 1. The smallest absolute Gasteiger partial charge is 0.270 e. The van der Waals surface area contributed by atoms with E-state index in [4.69, 9.17) is 4.52 Å². The Hall–Kier alpha value is -3.22. The molecule has 2 aromatic heterocycles. The average Bonchev–Trinajstić information content (AvgIpc) is 3.10. The van der Waals surface area contributed by atoms with Crippen LogP contribution in [0.3, 0.4) is 0 Å². The van der Waals surface area contributed by atoms with E-state index in [0.29, 0.717) is 35.5 Å². The van der Waals surface area contributed by atoms with Gasteiger partial charge in [-0.15, -0.1) is 0 Å². The van der Waals surface area contributed by atoms with E-state index < -0.39 is 0 Å². The van der Waals surface area contributed by atoms with Gasteiger partial charge in [-0.2, -0.15) is 0 Å². The lowest BCUT2D eigenvalue weighted by molar-refractivity contribution is 0.0948. The van der Waals surface area contributed by atoms with Gasteiger partial charge < -0.3 is 15.2 Å². The summed E-state index contributed by atoms with van der Waals surface area (Å²) in [5.74, 6) is 1.95. The number of rotatable bonds is 8. The first-order valence-electron chi connectivity index (χ1n) is 9.08. The van der Waals surface area contributed by atoms with Crippen molar-refractivity contribution < 1.29 is 9.32 Å². The highest BCUT2D eigenvalue weighted by Crippen LogP contribution is 2.20. The summed E-state index contributed by atoms with van der Waals surface area (Å²) >= 11 is 0. The van der Waals surface area contributed by atoms with Crippen molar-refractivity contribution in [2.75, 3.05) is 11.9 Å². The number of hydrogen-bond donors (Lipinski definition) is 2. The van der Waals surface area contributed by atoms with Crippen LogP contribution in [0.2, 0.25) is 0 Å². The van der Waals surface area contributed by atoms with Crippen LogP contribution in [-0.2, 0) is 0 Å². The van der Waals surface area contributed by atoms with Crippen LogP contribution >= 0.6 is 0 Å². The van der Waals surface area contributed by atoms with Gasteiger partial charge in [-0.25, -0.2) is 9.97 Å². The summed E-state index contributed by atoms with van der Waals surface area (Å²) in [5, 5.41) is 9.90. The first-order chi connectivity index (χ1) is 13.2. The Morgan fingerprint density at radius 1 is 1.07 bits per heavy atom. The Morgan fingerprint density at radius 3 is 2.59 bits per heavy atom. The van der Waals surface area contributed by atoms with Crippen LogP contribution in [-0.4, -0.2) is 27.6 Å². The number of hydrogen-bond acceptors (Lipinski definition) is 6. The van der Waals surface area contributed by atoms with E-state index in [-0.39, 0.29) is 5.91 Å². The molecular weight excluding hydrogens is 342 g/mol. The average molecular weight is 365 g/mol. The lowest BCUT2D eigenvalue weighted by atomic mass is 10.2. The summed E-state index contributed by atoms with van der Waals surface area (Å²) in [6.45, 7) is 4.56. The van der Waals surface area contributed by atoms with Crippen LogP contribution in [0, 0.1) is 6.92 Å². The molecule has 2 N–H and O–H groups in total. The summed E-state index contributed by atoms with van der Waals surface area (Å²) in [6, 6.07) is 12.9. The van der Waals surface area contributed by atoms with E-state index in [2.05, 4.69) is 32.7 Å². The van der Waals surface area contributed by atoms with Gasteiger partial charge in [0.05, 0.1) is 0 Å². The molecule has 0 atom stereocenters. The third-order valence-electron chi connectivity index (χ3n) is 3.94. The zero-order valence-electron chi connectivity index (χ0n) is 15.5. The molecule has 0 aliphatic heterocycles. The summed E-state index contributed by atoms with van der Waals surface area (Å²) in [7, 11) is 0. The van der Waals surface area contributed by atoms with Crippen molar-refractivity contribution >= 4 is 17.5 Å². The lowest BCUT2D eigenvalue weighted by Gasteiger charge is -2.09. The molecule has 27 heavy (non-hydrogen) atoms. The molecule has 3 aromatic rings. The van der Waals surface area contributed by atoms with Crippen LogP contribution in [0.5, 0.6) is 0 Å². The maximum Gasteiger partial charge on any atom is 0.270 e. The fourth-order valence-corrected chi connectivity index (χ4v) is 2.57. The number of nitrogens with zero attached hydrogens (tertiary/aromatic N) is 3. The second-order valence-corrected chi connectivity index (χ2v) is 6.24. The zero-order valence-corrected chi connectivity index (χ0v) is 15.5. The summed E-state index contributed by atoms with van der Waals surface area (Å²) < 4.78 is 5.07. The molecule has 0 saturated carbocycles. The molecule has 0 unspecified atom stereocenters. The topological polar surface area (TPSA) is 92.9 Å². The monoisotopic (exact) mass is 365 g/mol. The molecule has 0 bridgehead atoms. The van der Waals surface area contributed by atoms with Crippen molar-refractivity contribution in [1.82, 2.24) is 20.4 Å². The van der Waals surface area contributed by atoms with E-state index in [1.54, 1.807) is 12.1 Å². The van der Waals surface area contributed by atoms with Crippen molar-refractivity contribution in [3.63, 3.8) is 0 Å². The third-order valence-corrected chi connectivity index (χ3v) is 3.94. The minimum Gasteiger partial charge on any atom is -0.360 e. The van der Waals surface area contributed by atoms with Gasteiger partial charge in [0.25, 0.3) is 5.91 Å². The molecule has 0 aliphatic carbocycles. The number of anilines is 2.